The van der Waals surface area contributed by atoms with E-state index in [4.69, 9.17) is 24.7 Å². The van der Waals surface area contributed by atoms with Crippen molar-refractivity contribution in [1.29, 1.82) is 0 Å². The van der Waals surface area contributed by atoms with E-state index < -0.39 is 0 Å². The molecule has 5 nitrogen and oxygen atoms in total. The molecule has 0 aromatic heterocycles. The maximum Gasteiger partial charge on any atom is 0.203 e. The first-order chi connectivity index (χ1) is 13.2. The van der Waals surface area contributed by atoms with Crippen molar-refractivity contribution in [2.45, 2.75) is 12.5 Å². The number of hydrogen-bond acceptors (Lipinski definition) is 5. The van der Waals surface area contributed by atoms with Crippen LogP contribution in [0.25, 0.3) is 21.9 Å². The molecule has 4 rings (SSSR count). The predicted molar refractivity (Wildman–Crippen MR) is 106 cm³/mol. The standard InChI is InChI=1S/C22H23NO4/c1-24-20-9-15(10-21(25-2)22(20)26-3)13-4-6-17-14(8-13)5-7-19-18(17)11-16(12-23)27-19/h4-10,16H,11-12,23H2,1-3H3/t16-/m0/s1. The van der Waals surface area contributed by atoms with Crippen LogP contribution in [0.4, 0.5) is 0 Å². The maximum absolute atomic E-state index is 5.89. The highest BCUT2D eigenvalue weighted by Gasteiger charge is 2.23. The Hall–Kier alpha value is -2.92. The average molecular weight is 365 g/mol. The third-order valence-electron chi connectivity index (χ3n) is 5.07. The Kier molecular flexibility index (Phi) is 4.54. The smallest absolute Gasteiger partial charge is 0.203 e. The van der Waals surface area contributed by atoms with Gasteiger partial charge in [-0.2, -0.15) is 0 Å². The summed E-state index contributed by atoms with van der Waals surface area (Å²) in [6, 6.07) is 14.5. The van der Waals surface area contributed by atoms with Crippen molar-refractivity contribution in [3.05, 3.63) is 48.0 Å². The summed E-state index contributed by atoms with van der Waals surface area (Å²) in [5, 5.41) is 2.38. The second kappa shape index (κ2) is 7.00. The van der Waals surface area contributed by atoms with Crippen molar-refractivity contribution in [2.24, 2.45) is 5.73 Å². The largest absolute Gasteiger partial charge is 0.493 e. The molecule has 0 aliphatic carbocycles. The van der Waals surface area contributed by atoms with Crippen LogP contribution in [0.15, 0.2) is 42.5 Å². The number of rotatable bonds is 5. The molecule has 5 heteroatoms. The number of methoxy groups -OCH3 is 3. The van der Waals surface area contributed by atoms with Gasteiger partial charge in [-0.15, -0.1) is 0 Å². The van der Waals surface area contributed by atoms with Crippen molar-refractivity contribution in [3.63, 3.8) is 0 Å². The topological polar surface area (TPSA) is 62.9 Å². The SMILES string of the molecule is COc1cc(-c2ccc3c4c(ccc3c2)O[C@H](CN)C4)cc(OC)c1OC. The fraction of sp³-hybridized carbons (Fsp3) is 0.273. The molecular weight excluding hydrogens is 342 g/mol. The Morgan fingerprint density at radius 2 is 1.67 bits per heavy atom. The molecule has 0 saturated carbocycles. The third-order valence-corrected chi connectivity index (χ3v) is 5.07. The minimum absolute atomic E-state index is 0.0698. The van der Waals surface area contributed by atoms with E-state index >= 15 is 0 Å². The van der Waals surface area contributed by atoms with Crippen molar-refractivity contribution in [1.82, 2.24) is 0 Å². The van der Waals surface area contributed by atoms with Gasteiger partial charge in [0.1, 0.15) is 11.9 Å². The Morgan fingerprint density at radius 3 is 2.30 bits per heavy atom. The zero-order chi connectivity index (χ0) is 19.0. The lowest BCUT2D eigenvalue weighted by molar-refractivity contribution is 0.241. The van der Waals surface area contributed by atoms with E-state index in [1.807, 2.05) is 18.2 Å². The lowest BCUT2D eigenvalue weighted by atomic mass is 9.96. The van der Waals surface area contributed by atoms with Crippen LogP contribution in [0.5, 0.6) is 23.0 Å². The van der Waals surface area contributed by atoms with E-state index in [2.05, 4.69) is 24.3 Å². The molecule has 1 heterocycles. The van der Waals surface area contributed by atoms with Crippen LogP contribution in [0.3, 0.4) is 0 Å². The van der Waals surface area contributed by atoms with E-state index in [0.717, 1.165) is 23.3 Å². The fourth-order valence-electron chi connectivity index (χ4n) is 3.70. The number of hydrogen-bond donors (Lipinski definition) is 1. The van der Waals surface area contributed by atoms with Gasteiger partial charge in [-0.3, -0.25) is 0 Å². The first-order valence-electron chi connectivity index (χ1n) is 8.91. The molecule has 1 atom stereocenters. The van der Waals surface area contributed by atoms with Gasteiger partial charge >= 0.3 is 0 Å². The van der Waals surface area contributed by atoms with Crippen LogP contribution in [-0.4, -0.2) is 34.0 Å². The molecule has 0 saturated heterocycles. The summed E-state index contributed by atoms with van der Waals surface area (Å²) in [7, 11) is 4.85. The van der Waals surface area contributed by atoms with Gasteiger partial charge in [-0.25, -0.2) is 0 Å². The summed E-state index contributed by atoms with van der Waals surface area (Å²) in [5.41, 5.74) is 9.09. The summed E-state index contributed by atoms with van der Waals surface area (Å²) < 4.78 is 22.3. The van der Waals surface area contributed by atoms with Gasteiger partial charge in [0, 0.05) is 18.5 Å². The molecule has 3 aromatic carbocycles. The van der Waals surface area contributed by atoms with Crippen LogP contribution in [-0.2, 0) is 6.42 Å². The Balaban J connectivity index is 1.81. The number of nitrogens with two attached hydrogens (primary N) is 1. The van der Waals surface area contributed by atoms with Gasteiger partial charge in [0.25, 0.3) is 0 Å². The molecule has 1 aliphatic rings. The Labute approximate surface area is 158 Å². The molecule has 0 spiro atoms. The number of ether oxygens (including phenoxy) is 4. The molecule has 1 aliphatic heterocycles. The number of benzene rings is 3. The highest BCUT2D eigenvalue weighted by molar-refractivity contribution is 5.92. The van der Waals surface area contributed by atoms with Gasteiger partial charge in [-0.05, 0) is 46.2 Å². The zero-order valence-corrected chi connectivity index (χ0v) is 15.7. The van der Waals surface area contributed by atoms with Crippen LogP contribution in [0.1, 0.15) is 5.56 Å². The minimum Gasteiger partial charge on any atom is -0.493 e. The molecule has 0 amide bonds. The molecule has 27 heavy (non-hydrogen) atoms. The highest BCUT2D eigenvalue weighted by Crippen LogP contribution is 2.42. The lowest BCUT2D eigenvalue weighted by Crippen LogP contribution is -2.24. The van der Waals surface area contributed by atoms with Gasteiger partial charge in [0.2, 0.25) is 5.75 Å². The molecule has 140 valence electrons. The molecule has 0 bridgehead atoms. The lowest BCUT2D eigenvalue weighted by Gasteiger charge is -2.15. The normalized spacial score (nSPS) is 15.3. The first kappa shape index (κ1) is 17.5. The summed E-state index contributed by atoms with van der Waals surface area (Å²) in [6.07, 6.45) is 0.924. The fourth-order valence-corrected chi connectivity index (χ4v) is 3.70. The molecule has 3 aromatic rings. The van der Waals surface area contributed by atoms with Crippen molar-refractivity contribution >= 4 is 10.8 Å². The van der Waals surface area contributed by atoms with Gasteiger partial charge in [0.05, 0.1) is 21.3 Å². The first-order valence-corrected chi connectivity index (χ1v) is 8.91. The average Bonchev–Trinajstić information content (AvgIpc) is 3.16. The summed E-state index contributed by atoms with van der Waals surface area (Å²) in [6.45, 7) is 0.527. The summed E-state index contributed by atoms with van der Waals surface area (Å²) in [5.74, 6) is 2.81. The van der Waals surface area contributed by atoms with Gasteiger partial charge < -0.3 is 24.7 Å². The van der Waals surface area contributed by atoms with E-state index in [-0.39, 0.29) is 6.10 Å². The summed E-state index contributed by atoms with van der Waals surface area (Å²) >= 11 is 0. The quantitative estimate of drug-likeness (QED) is 0.745. The van der Waals surface area contributed by atoms with Crippen LogP contribution in [0, 0.1) is 0 Å². The number of fused-ring (bicyclic) bond motifs is 3. The third kappa shape index (κ3) is 2.94. The van der Waals surface area contributed by atoms with Gasteiger partial charge in [-0.1, -0.05) is 18.2 Å². The second-order valence-electron chi connectivity index (χ2n) is 6.57. The highest BCUT2D eigenvalue weighted by atomic mass is 16.5. The monoisotopic (exact) mass is 365 g/mol. The van der Waals surface area contributed by atoms with E-state index in [0.29, 0.717) is 23.8 Å². The Morgan fingerprint density at radius 1 is 0.926 bits per heavy atom. The molecule has 0 unspecified atom stereocenters. The van der Waals surface area contributed by atoms with E-state index in [1.165, 1.54) is 16.3 Å². The zero-order valence-electron chi connectivity index (χ0n) is 15.7. The maximum atomic E-state index is 5.89. The van der Waals surface area contributed by atoms with E-state index in [1.54, 1.807) is 21.3 Å². The molecule has 0 fully saturated rings. The van der Waals surface area contributed by atoms with Crippen molar-refractivity contribution in [2.75, 3.05) is 27.9 Å². The van der Waals surface area contributed by atoms with Crippen LogP contribution < -0.4 is 24.7 Å². The minimum atomic E-state index is 0.0698. The van der Waals surface area contributed by atoms with Crippen molar-refractivity contribution < 1.29 is 18.9 Å². The van der Waals surface area contributed by atoms with Crippen LogP contribution >= 0.6 is 0 Å². The molecule has 0 radical (unpaired) electrons. The van der Waals surface area contributed by atoms with Crippen LogP contribution in [0.2, 0.25) is 0 Å². The molecule has 2 N–H and O–H groups in total. The predicted octanol–water partition coefficient (Wildman–Crippen LogP) is 3.79. The molecular formula is C22H23NO4. The Bertz CT molecular complexity index is 974. The van der Waals surface area contributed by atoms with E-state index in [9.17, 15) is 0 Å². The van der Waals surface area contributed by atoms with Crippen molar-refractivity contribution in [3.8, 4) is 34.1 Å². The second-order valence-corrected chi connectivity index (χ2v) is 6.57. The van der Waals surface area contributed by atoms with Gasteiger partial charge in [0.15, 0.2) is 11.5 Å². The summed E-state index contributed by atoms with van der Waals surface area (Å²) in [4.78, 5) is 0.